The Bertz CT molecular complexity index is 998. The molecule has 4 rings (SSSR count). The van der Waals surface area contributed by atoms with Gasteiger partial charge in [0.05, 0.1) is 16.8 Å². The Morgan fingerprint density at radius 3 is 2.88 bits per heavy atom. The highest BCUT2D eigenvalue weighted by atomic mass is 79.9. The highest BCUT2D eigenvalue weighted by molar-refractivity contribution is 9.10. The molecule has 1 aliphatic rings. The topological polar surface area (TPSA) is 56.5 Å². The second-order valence-corrected chi connectivity index (χ2v) is 7.17. The summed E-state index contributed by atoms with van der Waals surface area (Å²) in [5, 5.41) is 4.58. The predicted octanol–water partition coefficient (Wildman–Crippen LogP) is 4.74. The van der Waals surface area contributed by atoms with E-state index in [1.165, 1.54) is 0 Å². The van der Waals surface area contributed by atoms with Gasteiger partial charge >= 0.3 is 5.97 Å². The highest BCUT2D eigenvalue weighted by Gasteiger charge is 2.26. The van der Waals surface area contributed by atoms with Gasteiger partial charge in [-0.15, -0.1) is 0 Å². The van der Waals surface area contributed by atoms with Crippen LogP contribution in [0.15, 0.2) is 34.8 Å². The van der Waals surface area contributed by atoms with Crippen molar-refractivity contribution in [2.45, 2.75) is 32.1 Å². The molecule has 0 saturated heterocycles. The number of carbonyl (C=O) groups is 1. The van der Waals surface area contributed by atoms with Gasteiger partial charge in [0.25, 0.3) is 0 Å². The first-order valence-electron chi connectivity index (χ1n) is 8.60. The molecule has 0 spiro atoms. The maximum Gasteiger partial charge on any atom is 0.357 e. The monoisotopic (exact) mass is 417 g/mol. The molecule has 1 aromatic carbocycles. The van der Waals surface area contributed by atoms with Crippen molar-refractivity contribution in [2.24, 2.45) is 0 Å². The quantitative estimate of drug-likeness (QED) is 0.575. The molecule has 1 aliphatic carbocycles. The van der Waals surface area contributed by atoms with Crippen LogP contribution in [0.2, 0.25) is 0 Å². The molecule has 1 saturated carbocycles. The maximum absolute atomic E-state index is 14.5. The van der Waals surface area contributed by atoms with Gasteiger partial charge in [0, 0.05) is 23.2 Å². The molecule has 1 fully saturated rings. The van der Waals surface area contributed by atoms with Crippen LogP contribution in [0.5, 0.6) is 0 Å². The zero-order chi connectivity index (χ0) is 18.3. The minimum atomic E-state index is -0.452. The van der Waals surface area contributed by atoms with Gasteiger partial charge in [0.15, 0.2) is 11.3 Å². The Morgan fingerprint density at radius 2 is 2.19 bits per heavy atom. The van der Waals surface area contributed by atoms with Crippen molar-refractivity contribution >= 4 is 27.5 Å². The van der Waals surface area contributed by atoms with Crippen LogP contribution in [0.25, 0.3) is 16.9 Å². The van der Waals surface area contributed by atoms with Crippen LogP contribution < -0.4 is 0 Å². The molecule has 0 unspecified atom stereocenters. The van der Waals surface area contributed by atoms with E-state index in [2.05, 4.69) is 26.0 Å². The van der Waals surface area contributed by atoms with Crippen molar-refractivity contribution in [3.05, 3.63) is 52.0 Å². The Kier molecular flexibility index (Phi) is 4.48. The number of halogens is 2. The molecule has 0 amide bonds. The largest absolute Gasteiger partial charge is 0.461 e. The van der Waals surface area contributed by atoms with Gasteiger partial charge in [-0.3, -0.25) is 0 Å². The fraction of sp³-hybridized carbons (Fsp3) is 0.316. The number of hydrogen-bond donors (Lipinski definition) is 0. The fourth-order valence-corrected chi connectivity index (χ4v) is 3.50. The zero-order valence-corrected chi connectivity index (χ0v) is 15.8. The third-order valence-electron chi connectivity index (χ3n) is 4.69. The number of esters is 1. The summed E-state index contributed by atoms with van der Waals surface area (Å²) in [5.74, 6) is -0.493. The van der Waals surface area contributed by atoms with Crippen LogP contribution in [-0.4, -0.2) is 27.2 Å². The van der Waals surface area contributed by atoms with E-state index in [4.69, 9.17) is 4.74 Å². The average molecular weight is 418 g/mol. The maximum atomic E-state index is 14.5. The lowest BCUT2D eigenvalue weighted by atomic mass is 9.82. The van der Waals surface area contributed by atoms with Crippen LogP contribution in [0.3, 0.4) is 0 Å². The molecule has 0 bridgehead atoms. The van der Waals surface area contributed by atoms with E-state index in [1.807, 2.05) is 0 Å². The van der Waals surface area contributed by atoms with Gasteiger partial charge in [-0.05, 0) is 53.9 Å². The molecule has 5 nitrogen and oxygen atoms in total. The molecular formula is C19H17BrFN3O2. The lowest BCUT2D eigenvalue weighted by molar-refractivity contribution is 0.0519. The lowest BCUT2D eigenvalue weighted by Gasteiger charge is -2.26. The van der Waals surface area contributed by atoms with Crippen LogP contribution in [-0.2, 0) is 4.74 Å². The summed E-state index contributed by atoms with van der Waals surface area (Å²) in [5.41, 5.74) is 2.58. The third-order valence-corrected chi connectivity index (χ3v) is 5.30. The van der Waals surface area contributed by atoms with Gasteiger partial charge in [0.2, 0.25) is 0 Å². The Hall–Kier alpha value is -2.28. The summed E-state index contributed by atoms with van der Waals surface area (Å²) in [7, 11) is 0. The second kappa shape index (κ2) is 6.79. The molecule has 2 aromatic heterocycles. The number of rotatable bonds is 4. The summed E-state index contributed by atoms with van der Waals surface area (Å²) in [4.78, 5) is 16.5. The van der Waals surface area contributed by atoms with Crippen LogP contribution in [0.1, 0.15) is 48.3 Å². The third kappa shape index (κ3) is 2.90. The van der Waals surface area contributed by atoms with Crippen molar-refractivity contribution in [2.75, 3.05) is 6.61 Å². The molecule has 7 heteroatoms. The number of carbonyl (C=O) groups excluding carboxylic acids is 1. The number of ether oxygens (including phenoxy) is 1. The summed E-state index contributed by atoms with van der Waals surface area (Å²) in [6, 6.07) is 8.54. The standard InChI is InChI=1S/C19H17BrFN3O2/c1-2-26-19(25)15-9-16(11-5-3-6-11)24-17(22-15)10-14(23-24)12-7-4-8-13(20)18(12)21/h4,7-11H,2-3,5-6H2,1H3. The van der Waals surface area contributed by atoms with Crippen molar-refractivity contribution in [3.63, 3.8) is 0 Å². The average Bonchev–Trinajstić information content (AvgIpc) is 3.00. The second-order valence-electron chi connectivity index (χ2n) is 6.32. The summed E-state index contributed by atoms with van der Waals surface area (Å²) in [6.07, 6.45) is 3.24. The number of fused-ring (bicyclic) bond motifs is 1. The van der Waals surface area contributed by atoms with Gasteiger partial charge in [-0.25, -0.2) is 18.7 Å². The molecule has 0 radical (unpaired) electrons. The molecule has 0 aliphatic heterocycles. The minimum absolute atomic E-state index is 0.266. The van der Waals surface area contributed by atoms with Gasteiger partial charge in [0.1, 0.15) is 5.82 Å². The van der Waals surface area contributed by atoms with Crippen LogP contribution >= 0.6 is 15.9 Å². The first kappa shape index (κ1) is 17.1. The molecule has 0 atom stereocenters. The smallest absolute Gasteiger partial charge is 0.357 e. The first-order chi connectivity index (χ1) is 12.6. The van der Waals surface area contributed by atoms with Gasteiger partial charge < -0.3 is 4.74 Å². The van der Waals surface area contributed by atoms with Gasteiger partial charge in [-0.2, -0.15) is 5.10 Å². The normalized spacial score (nSPS) is 14.4. The van der Waals surface area contributed by atoms with Crippen LogP contribution in [0, 0.1) is 5.82 Å². The van der Waals surface area contributed by atoms with E-state index < -0.39 is 5.97 Å². The van der Waals surface area contributed by atoms with Crippen molar-refractivity contribution in [1.29, 1.82) is 0 Å². The van der Waals surface area contributed by atoms with E-state index in [9.17, 15) is 9.18 Å². The molecular weight excluding hydrogens is 401 g/mol. The molecule has 134 valence electrons. The molecule has 26 heavy (non-hydrogen) atoms. The Balaban J connectivity index is 1.88. The van der Waals surface area contributed by atoms with E-state index in [0.717, 1.165) is 25.0 Å². The first-order valence-corrected chi connectivity index (χ1v) is 9.40. The summed E-state index contributed by atoms with van der Waals surface area (Å²) < 4.78 is 21.7. The lowest BCUT2D eigenvalue weighted by Crippen LogP contribution is -2.17. The van der Waals surface area contributed by atoms with E-state index in [-0.39, 0.29) is 18.1 Å². The summed E-state index contributed by atoms with van der Waals surface area (Å²) in [6.45, 7) is 2.05. The zero-order valence-electron chi connectivity index (χ0n) is 14.2. The molecule has 0 N–H and O–H groups in total. The van der Waals surface area contributed by atoms with E-state index >= 15 is 0 Å². The number of hydrogen-bond acceptors (Lipinski definition) is 4. The Labute approximate surface area is 158 Å². The van der Waals surface area contributed by atoms with Crippen LogP contribution in [0.4, 0.5) is 4.39 Å². The SMILES string of the molecule is CCOC(=O)c1cc(C2CCC2)n2nc(-c3cccc(Br)c3F)cc2n1. The molecule has 2 heterocycles. The van der Waals surface area contributed by atoms with Gasteiger partial charge in [-0.1, -0.05) is 12.5 Å². The van der Waals surface area contributed by atoms with Crippen molar-refractivity contribution in [1.82, 2.24) is 14.6 Å². The fourth-order valence-electron chi connectivity index (χ4n) is 3.14. The van der Waals surface area contributed by atoms with E-state index in [0.29, 0.717) is 27.3 Å². The number of nitrogens with zero attached hydrogens (tertiary/aromatic N) is 3. The van der Waals surface area contributed by atoms with Crippen molar-refractivity contribution in [3.8, 4) is 11.3 Å². The Morgan fingerprint density at radius 1 is 1.38 bits per heavy atom. The summed E-state index contributed by atoms with van der Waals surface area (Å²) >= 11 is 3.21. The van der Waals surface area contributed by atoms with E-state index in [1.54, 1.807) is 41.8 Å². The minimum Gasteiger partial charge on any atom is -0.461 e. The number of benzene rings is 1. The highest BCUT2D eigenvalue weighted by Crippen LogP contribution is 2.37. The molecule has 3 aromatic rings. The number of aromatic nitrogens is 3. The van der Waals surface area contributed by atoms with Crippen molar-refractivity contribution < 1.29 is 13.9 Å². The predicted molar refractivity (Wildman–Crippen MR) is 98.6 cm³/mol.